The minimum absolute atomic E-state index is 0.376. The van der Waals surface area contributed by atoms with Gasteiger partial charge < -0.3 is 5.11 Å². The first-order valence-electron chi connectivity index (χ1n) is 6.68. The van der Waals surface area contributed by atoms with Crippen molar-refractivity contribution in [2.24, 2.45) is 11.3 Å². The molecule has 0 saturated heterocycles. The molecule has 0 radical (unpaired) electrons. The van der Waals surface area contributed by atoms with E-state index in [1.807, 2.05) is 6.07 Å². The lowest BCUT2D eigenvalue weighted by Gasteiger charge is -2.30. The molecule has 1 heterocycles. The molecule has 0 bridgehead atoms. The molecule has 1 aliphatic rings. The molecule has 0 aliphatic heterocycles. The summed E-state index contributed by atoms with van der Waals surface area (Å²) in [6.07, 6.45) is 5.42. The van der Waals surface area contributed by atoms with Crippen molar-refractivity contribution in [3.63, 3.8) is 0 Å². The molecule has 2 unspecified atom stereocenters. The highest BCUT2D eigenvalue weighted by Crippen LogP contribution is 2.44. The number of hydrogen-bond donors (Lipinski definition) is 1. The van der Waals surface area contributed by atoms with Gasteiger partial charge in [0.2, 0.25) is 0 Å². The lowest BCUT2D eigenvalue weighted by molar-refractivity contribution is 0.0216. The average molecular weight is 252 g/mol. The zero-order valence-corrected chi connectivity index (χ0v) is 12.0. The van der Waals surface area contributed by atoms with Crippen LogP contribution in [0.4, 0.5) is 0 Å². The largest absolute Gasteiger partial charge is 0.384 e. The molecular weight excluding hydrogens is 228 g/mol. The highest BCUT2D eigenvalue weighted by Gasteiger charge is 2.36. The lowest BCUT2D eigenvalue weighted by Crippen LogP contribution is -2.24. The molecule has 1 aromatic heterocycles. The summed E-state index contributed by atoms with van der Waals surface area (Å²) in [6, 6.07) is 4.13. The zero-order chi connectivity index (χ0) is 12.5. The molecule has 17 heavy (non-hydrogen) atoms. The molecular formula is C15H24OS. The summed E-state index contributed by atoms with van der Waals surface area (Å²) in [4.78, 5) is 1.16. The molecule has 2 rings (SSSR count). The third kappa shape index (κ3) is 2.92. The molecule has 1 nitrogen and oxygen atoms in total. The Kier molecular flexibility index (Phi) is 3.65. The maximum Gasteiger partial charge on any atom is 0.0987 e. The fourth-order valence-electron chi connectivity index (χ4n) is 2.98. The Morgan fingerprint density at radius 2 is 2.06 bits per heavy atom. The normalized spacial score (nSPS) is 31.2. The molecule has 1 aromatic rings. The number of hydrogen-bond acceptors (Lipinski definition) is 2. The predicted octanol–water partition coefficient (Wildman–Crippen LogP) is 4.56. The van der Waals surface area contributed by atoms with Gasteiger partial charge in [0, 0.05) is 4.88 Å². The Labute approximate surface area is 109 Å². The van der Waals surface area contributed by atoms with Crippen molar-refractivity contribution in [3.8, 4) is 0 Å². The van der Waals surface area contributed by atoms with Gasteiger partial charge in [-0.25, -0.2) is 0 Å². The summed E-state index contributed by atoms with van der Waals surface area (Å²) < 4.78 is 0. The van der Waals surface area contributed by atoms with Gasteiger partial charge in [-0.05, 0) is 54.9 Å². The van der Waals surface area contributed by atoms with Gasteiger partial charge in [0.1, 0.15) is 0 Å². The van der Waals surface area contributed by atoms with Crippen molar-refractivity contribution in [3.05, 3.63) is 22.4 Å². The second kappa shape index (κ2) is 4.74. The van der Waals surface area contributed by atoms with Gasteiger partial charge in [-0.2, -0.15) is 0 Å². The average Bonchev–Trinajstić information content (AvgIpc) is 2.68. The Hall–Kier alpha value is -0.340. The van der Waals surface area contributed by atoms with Crippen molar-refractivity contribution in [1.29, 1.82) is 0 Å². The van der Waals surface area contributed by atoms with Crippen LogP contribution in [0, 0.1) is 11.3 Å². The van der Waals surface area contributed by atoms with E-state index in [0.29, 0.717) is 5.41 Å². The van der Waals surface area contributed by atoms with E-state index in [-0.39, 0.29) is 0 Å². The fraction of sp³-hybridized carbons (Fsp3) is 0.733. The summed E-state index contributed by atoms with van der Waals surface area (Å²) >= 11 is 1.70. The number of thiophene rings is 1. The third-order valence-corrected chi connectivity index (χ3v) is 5.32. The topological polar surface area (TPSA) is 20.2 Å². The molecule has 0 spiro atoms. The van der Waals surface area contributed by atoms with Crippen LogP contribution in [0.15, 0.2) is 17.5 Å². The van der Waals surface area contributed by atoms with Crippen LogP contribution in [0.5, 0.6) is 0 Å². The van der Waals surface area contributed by atoms with Gasteiger partial charge in [-0.1, -0.05) is 26.8 Å². The summed E-state index contributed by atoms with van der Waals surface area (Å²) in [5, 5.41) is 12.9. The van der Waals surface area contributed by atoms with E-state index >= 15 is 0 Å². The first-order valence-corrected chi connectivity index (χ1v) is 7.56. The maximum atomic E-state index is 10.8. The predicted molar refractivity (Wildman–Crippen MR) is 74.2 cm³/mol. The Bertz CT molecular complexity index is 349. The quantitative estimate of drug-likeness (QED) is 0.726. The van der Waals surface area contributed by atoms with E-state index in [1.165, 1.54) is 6.42 Å². The summed E-state index contributed by atoms with van der Waals surface area (Å²) in [5.74, 6) is 0.747. The Balaban J connectivity index is 2.10. The molecule has 96 valence electrons. The van der Waals surface area contributed by atoms with Gasteiger partial charge in [0.15, 0.2) is 0 Å². The molecule has 0 amide bonds. The van der Waals surface area contributed by atoms with E-state index in [4.69, 9.17) is 0 Å². The van der Waals surface area contributed by atoms with Crippen LogP contribution >= 0.6 is 11.3 Å². The van der Waals surface area contributed by atoms with Crippen molar-refractivity contribution in [2.75, 3.05) is 0 Å². The molecule has 1 saturated carbocycles. The number of aliphatic hydroxyl groups is 1. The molecule has 1 aliphatic carbocycles. The summed E-state index contributed by atoms with van der Waals surface area (Å²) in [5.41, 5.74) is -0.172. The number of rotatable bonds is 1. The van der Waals surface area contributed by atoms with Crippen LogP contribution in [0.2, 0.25) is 0 Å². The third-order valence-electron chi connectivity index (χ3n) is 4.25. The molecule has 0 aromatic carbocycles. The van der Waals surface area contributed by atoms with Crippen LogP contribution in [-0.2, 0) is 5.60 Å². The van der Waals surface area contributed by atoms with Crippen molar-refractivity contribution in [1.82, 2.24) is 0 Å². The maximum absolute atomic E-state index is 10.8. The Morgan fingerprint density at radius 1 is 1.29 bits per heavy atom. The zero-order valence-electron chi connectivity index (χ0n) is 11.2. The molecule has 2 heteroatoms. The van der Waals surface area contributed by atoms with Gasteiger partial charge in [-0.15, -0.1) is 11.3 Å². The fourth-order valence-corrected chi connectivity index (χ4v) is 3.86. The van der Waals surface area contributed by atoms with Crippen LogP contribution < -0.4 is 0 Å². The first-order chi connectivity index (χ1) is 7.92. The first kappa shape index (κ1) is 13.1. The van der Waals surface area contributed by atoms with Crippen molar-refractivity contribution in [2.45, 2.75) is 58.5 Å². The van der Waals surface area contributed by atoms with Gasteiger partial charge in [-0.3, -0.25) is 0 Å². The van der Waals surface area contributed by atoms with E-state index in [1.54, 1.807) is 11.3 Å². The standard InChI is InChI=1S/C15H24OS/c1-14(2,3)12-6-4-9-15(16,10-8-12)13-7-5-11-17-13/h5,7,11-12,16H,4,6,8-10H2,1-3H3. The van der Waals surface area contributed by atoms with Crippen LogP contribution in [0.3, 0.4) is 0 Å². The minimum Gasteiger partial charge on any atom is -0.384 e. The van der Waals surface area contributed by atoms with Crippen LogP contribution in [0.1, 0.15) is 57.8 Å². The van der Waals surface area contributed by atoms with E-state index in [0.717, 1.165) is 36.5 Å². The SMILES string of the molecule is CC(C)(C)C1CCCC(O)(c2cccs2)CC1. The van der Waals surface area contributed by atoms with E-state index in [2.05, 4.69) is 32.2 Å². The Morgan fingerprint density at radius 3 is 2.65 bits per heavy atom. The second-order valence-electron chi connectivity index (χ2n) is 6.50. The lowest BCUT2D eigenvalue weighted by atomic mass is 9.76. The minimum atomic E-state index is -0.547. The van der Waals surface area contributed by atoms with E-state index in [9.17, 15) is 5.11 Å². The van der Waals surface area contributed by atoms with Gasteiger partial charge in [0.05, 0.1) is 5.60 Å². The van der Waals surface area contributed by atoms with Gasteiger partial charge >= 0.3 is 0 Å². The highest BCUT2D eigenvalue weighted by atomic mass is 32.1. The molecule has 1 fully saturated rings. The van der Waals surface area contributed by atoms with Crippen molar-refractivity contribution >= 4 is 11.3 Å². The second-order valence-corrected chi connectivity index (χ2v) is 7.45. The summed E-state index contributed by atoms with van der Waals surface area (Å²) in [7, 11) is 0. The van der Waals surface area contributed by atoms with Crippen LogP contribution in [0.25, 0.3) is 0 Å². The van der Waals surface area contributed by atoms with Crippen molar-refractivity contribution < 1.29 is 5.11 Å². The monoisotopic (exact) mass is 252 g/mol. The van der Waals surface area contributed by atoms with Crippen LogP contribution in [-0.4, -0.2) is 5.11 Å². The smallest absolute Gasteiger partial charge is 0.0987 e. The molecule has 1 N–H and O–H groups in total. The summed E-state index contributed by atoms with van der Waals surface area (Å²) in [6.45, 7) is 6.98. The van der Waals surface area contributed by atoms with Gasteiger partial charge in [0.25, 0.3) is 0 Å². The van der Waals surface area contributed by atoms with E-state index < -0.39 is 5.60 Å². The molecule has 2 atom stereocenters. The highest BCUT2D eigenvalue weighted by molar-refractivity contribution is 7.10.